The Hall–Kier alpha value is -2.93. The number of methoxy groups -OCH3 is 1. The number of nitrogens with zero attached hydrogens (tertiary/aromatic N) is 1. The minimum atomic E-state index is -2.91. The number of benzene rings is 2. The van der Waals surface area contributed by atoms with Gasteiger partial charge in [-0.05, 0) is 67.4 Å². The van der Waals surface area contributed by atoms with Gasteiger partial charge in [0.05, 0.1) is 7.11 Å². The summed E-state index contributed by atoms with van der Waals surface area (Å²) in [5.41, 5.74) is 4.09. The largest absolute Gasteiger partial charge is 0.493 e. The molecule has 0 amide bonds. The molecule has 154 valence electrons. The normalized spacial score (nSPS) is 11.4. The van der Waals surface area contributed by atoms with Gasteiger partial charge in [0.2, 0.25) is 0 Å². The van der Waals surface area contributed by atoms with Crippen LogP contribution in [0.1, 0.15) is 22.3 Å². The number of halogens is 2. The molecule has 5 nitrogen and oxygen atoms in total. The summed E-state index contributed by atoms with van der Waals surface area (Å²) in [6, 6.07) is 10.2. The lowest BCUT2D eigenvalue weighted by Gasteiger charge is -2.19. The molecule has 0 spiro atoms. The summed E-state index contributed by atoms with van der Waals surface area (Å²) >= 11 is 0. The molecule has 0 aliphatic rings. The second-order valence-corrected chi connectivity index (χ2v) is 7.06. The molecule has 7 heteroatoms. The van der Waals surface area contributed by atoms with Crippen LogP contribution in [0.15, 0.2) is 45.6 Å². The first-order chi connectivity index (χ1) is 13.8. The van der Waals surface area contributed by atoms with E-state index in [1.54, 1.807) is 12.1 Å². The molecule has 29 heavy (non-hydrogen) atoms. The number of alkyl halides is 2. The van der Waals surface area contributed by atoms with Crippen molar-refractivity contribution in [2.75, 3.05) is 14.2 Å². The predicted molar refractivity (Wildman–Crippen MR) is 107 cm³/mol. The van der Waals surface area contributed by atoms with E-state index < -0.39 is 6.61 Å². The lowest BCUT2D eigenvalue weighted by atomic mass is 10.0. The maximum Gasteiger partial charge on any atom is 0.387 e. The van der Waals surface area contributed by atoms with E-state index in [4.69, 9.17) is 9.15 Å². The van der Waals surface area contributed by atoms with E-state index in [1.165, 1.54) is 19.2 Å². The molecule has 0 unspecified atom stereocenters. The van der Waals surface area contributed by atoms with Crippen molar-refractivity contribution in [3.63, 3.8) is 0 Å². The van der Waals surface area contributed by atoms with Gasteiger partial charge in [0.1, 0.15) is 5.58 Å². The van der Waals surface area contributed by atoms with E-state index in [-0.39, 0.29) is 17.1 Å². The van der Waals surface area contributed by atoms with Crippen LogP contribution in [-0.2, 0) is 13.1 Å². The fraction of sp³-hybridized carbons (Fsp3) is 0.318. The molecule has 2 aromatic carbocycles. The van der Waals surface area contributed by atoms with E-state index in [1.807, 2.05) is 37.9 Å². The monoisotopic (exact) mass is 403 g/mol. The molecule has 0 saturated carbocycles. The lowest BCUT2D eigenvalue weighted by molar-refractivity contribution is -0.0512. The van der Waals surface area contributed by atoms with Crippen molar-refractivity contribution < 1.29 is 22.7 Å². The van der Waals surface area contributed by atoms with Gasteiger partial charge in [0.15, 0.2) is 11.5 Å². The Balaban J connectivity index is 1.83. The van der Waals surface area contributed by atoms with E-state index in [9.17, 15) is 13.6 Å². The second kappa shape index (κ2) is 8.61. The van der Waals surface area contributed by atoms with Crippen molar-refractivity contribution in [3.05, 3.63) is 69.1 Å². The van der Waals surface area contributed by atoms with Gasteiger partial charge < -0.3 is 13.9 Å². The molecular formula is C22H23F2NO4. The molecule has 0 radical (unpaired) electrons. The Kier molecular flexibility index (Phi) is 6.17. The van der Waals surface area contributed by atoms with Gasteiger partial charge in [-0.2, -0.15) is 8.78 Å². The SMILES string of the molecule is COc1cc(CN(C)Cc2cc(=O)oc3cc(C)c(C)cc23)ccc1OC(F)F. The average molecular weight is 403 g/mol. The van der Waals surface area contributed by atoms with Crippen LogP contribution in [0.25, 0.3) is 11.0 Å². The van der Waals surface area contributed by atoms with Crippen molar-refractivity contribution in [2.45, 2.75) is 33.5 Å². The number of hydrogen-bond donors (Lipinski definition) is 0. The predicted octanol–water partition coefficient (Wildman–Crippen LogP) is 4.65. The van der Waals surface area contributed by atoms with Crippen molar-refractivity contribution in [2.24, 2.45) is 0 Å². The van der Waals surface area contributed by atoms with Crippen LogP contribution in [0.2, 0.25) is 0 Å². The third-order valence-corrected chi connectivity index (χ3v) is 4.78. The first-order valence-corrected chi connectivity index (χ1v) is 9.11. The summed E-state index contributed by atoms with van der Waals surface area (Å²) in [6.07, 6.45) is 0. The highest BCUT2D eigenvalue weighted by molar-refractivity contribution is 5.81. The van der Waals surface area contributed by atoms with Gasteiger partial charge in [-0.25, -0.2) is 4.79 Å². The zero-order valence-electron chi connectivity index (χ0n) is 16.8. The molecule has 0 atom stereocenters. The molecule has 0 aliphatic carbocycles. The van der Waals surface area contributed by atoms with Gasteiger partial charge in [-0.15, -0.1) is 0 Å². The Labute approximate surface area is 167 Å². The van der Waals surface area contributed by atoms with Crippen LogP contribution in [0.5, 0.6) is 11.5 Å². The zero-order chi connectivity index (χ0) is 21.1. The van der Waals surface area contributed by atoms with E-state index in [0.717, 1.165) is 27.6 Å². The van der Waals surface area contributed by atoms with Crippen molar-refractivity contribution in [1.82, 2.24) is 4.90 Å². The summed E-state index contributed by atoms with van der Waals surface area (Å²) in [6.45, 7) is 2.12. The van der Waals surface area contributed by atoms with E-state index >= 15 is 0 Å². The third-order valence-electron chi connectivity index (χ3n) is 4.78. The van der Waals surface area contributed by atoms with E-state index in [0.29, 0.717) is 18.7 Å². The minimum absolute atomic E-state index is 0.00795. The highest BCUT2D eigenvalue weighted by Crippen LogP contribution is 2.30. The maximum absolute atomic E-state index is 12.5. The molecule has 0 saturated heterocycles. The highest BCUT2D eigenvalue weighted by atomic mass is 19.3. The standard InChI is InChI=1S/C22H23F2NO4/c1-13-7-17-16(10-21(26)28-19(17)8-14(13)2)12-25(3)11-15-5-6-18(29-22(23)24)20(9-15)27-4/h5-10,22H,11-12H2,1-4H3. The van der Waals surface area contributed by atoms with Crippen LogP contribution in [0, 0.1) is 13.8 Å². The number of aryl methyl sites for hydroxylation is 2. The first kappa shape index (κ1) is 20.8. The molecule has 0 aliphatic heterocycles. The summed E-state index contributed by atoms with van der Waals surface area (Å²) < 4.78 is 39.9. The molecule has 0 N–H and O–H groups in total. The fourth-order valence-electron chi connectivity index (χ4n) is 3.28. The van der Waals surface area contributed by atoms with Crippen molar-refractivity contribution >= 4 is 11.0 Å². The van der Waals surface area contributed by atoms with Crippen molar-refractivity contribution in [3.8, 4) is 11.5 Å². The number of ether oxygens (including phenoxy) is 2. The van der Waals surface area contributed by atoms with Gasteiger partial charge in [-0.1, -0.05) is 6.07 Å². The molecule has 0 fully saturated rings. The van der Waals surface area contributed by atoms with Crippen molar-refractivity contribution in [1.29, 1.82) is 0 Å². The zero-order valence-corrected chi connectivity index (χ0v) is 16.8. The molecule has 1 heterocycles. The van der Waals surface area contributed by atoms with Crippen LogP contribution < -0.4 is 15.1 Å². The number of hydrogen-bond acceptors (Lipinski definition) is 5. The first-order valence-electron chi connectivity index (χ1n) is 9.11. The summed E-state index contributed by atoms with van der Waals surface area (Å²) in [4.78, 5) is 14.0. The topological polar surface area (TPSA) is 51.9 Å². The summed E-state index contributed by atoms with van der Waals surface area (Å²) in [5, 5.41) is 0.901. The van der Waals surface area contributed by atoms with Crippen LogP contribution >= 0.6 is 0 Å². The maximum atomic E-state index is 12.5. The number of fused-ring (bicyclic) bond motifs is 1. The van der Waals surface area contributed by atoms with E-state index in [2.05, 4.69) is 4.74 Å². The molecule has 0 bridgehead atoms. The van der Waals surface area contributed by atoms with Crippen LogP contribution in [0.3, 0.4) is 0 Å². The van der Waals surface area contributed by atoms with Crippen LogP contribution in [-0.4, -0.2) is 25.7 Å². The minimum Gasteiger partial charge on any atom is -0.493 e. The van der Waals surface area contributed by atoms with Gasteiger partial charge >= 0.3 is 12.2 Å². The molecular weight excluding hydrogens is 380 g/mol. The lowest BCUT2D eigenvalue weighted by Crippen LogP contribution is -2.18. The summed E-state index contributed by atoms with van der Waals surface area (Å²) in [5.74, 6) is 0.236. The van der Waals surface area contributed by atoms with Gasteiger partial charge in [0, 0.05) is 24.5 Å². The van der Waals surface area contributed by atoms with Gasteiger partial charge in [-0.3, -0.25) is 4.90 Å². The second-order valence-electron chi connectivity index (χ2n) is 7.06. The molecule has 1 aromatic heterocycles. The Bertz CT molecular complexity index is 1080. The average Bonchev–Trinajstić information content (AvgIpc) is 2.64. The Morgan fingerprint density at radius 1 is 1.03 bits per heavy atom. The summed E-state index contributed by atoms with van der Waals surface area (Å²) in [7, 11) is 3.32. The quantitative estimate of drug-likeness (QED) is 0.538. The third kappa shape index (κ3) is 4.92. The number of rotatable bonds is 7. The Morgan fingerprint density at radius 2 is 1.76 bits per heavy atom. The smallest absolute Gasteiger partial charge is 0.387 e. The van der Waals surface area contributed by atoms with Gasteiger partial charge in [0.25, 0.3) is 0 Å². The molecule has 3 aromatic rings. The fourth-order valence-corrected chi connectivity index (χ4v) is 3.28. The molecule has 3 rings (SSSR count). The highest BCUT2D eigenvalue weighted by Gasteiger charge is 2.13. The Morgan fingerprint density at radius 3 is 2.45 bits per heavy atom. The van der Waals surface area contributed by atoms with Crippen LogP contribution in [0.4, 0.5) is 8.78 Å².